The molecule has 0 saturated carbocycles. The third kappa shape index (κ3) is 1.73. The number of furan rings is 1. The standard InChI is InChI=1S/C11H7ClN2O2S/c12-8-4-3-6(15-8)10-9(11(13)14-16-10)7-2-1-5-17-7/h1-5H,(H2,13,14). The molecule has 0 aliphatic heterocycles. The number of aromatic nitrogens is 1. The Morgan fingerprint density at radius 1 is 1.29 bits per heavy atom. The van der Waals surface area contributed by atoms with Gasteiger partial charge in [-0.25, -0.2) is 0 Å². The molecule has 86 valence electrons. The number of nitrogens with two attached hydrogens (primary N) is 1. The molecule has 3 aromatic heterocycles. The molecule has 2 N–H and O–H groups in total. The lowest BCUT2D eigenvalue weighted by atomic mass is 10.2. The van der Waals surface area contributed by atoms with Crippen LogP contribution in [0.3, 0.4) is 0 Å². The number of rotatable bonds is 2. The van der Waals surface area contributed by atoms with E-state index in [1.165, 1.54) is 0 Å². The third-order valence-corrected chi connectivity index (χ3v) is 3.37. The molecule has 17 heavy (non-hydrogen) atoms. The van der Waals surface area contributed by atoms with Crippen molar-refractivity contribution in [2.45, 2.75) is 0 Å². The Hall–Kier alpha value is -1.72. The van der Waals surface area contributed by atoms with E-state index in [1.807, 2.05) is 17.5 Å². The summed E-state index contributed by atoms with van der Waals surface area (Å²) < 4.78 is 10.5. The Balaban J connectivity index is 2.19. The second kappa shape index (κ2) is 3.94. The minimum atomic E-state index is 0.298. The van der Waals surface area contributed by atoms with Crippen molar-refractivity contribution in [2.24, 2.45) is 0 Å². The average molecular weight is 267 g/mol. The van der Waals surface area contributed by atoms with E-state index in [4.69, 9.17) is 26.3 Å². The number of hydrogen-bond acceptors (Lipinski definition) is 5. The van der Waals surface area contributed by atoms with E-state index < -0.39 is 0 Å². The molecule has 0 aromatic carbocycles. The fourth-order valence-corrected chi connectivity index (χ4v) is 2.49. The highest BCUT2D eigenvalue weighted by molar-refractivity contribution is 7.13. The molecule has 0 atom stereocenters. The van der Waals surface area contributed by atoms with Crippen LogP contribution in [0.1, 0.15) is 0 Å². The molecule has 0 spiro atoms. The van der Waals surface area contributed by atoms with Gasteiger partial charge in [0.15, 0.2) is 16.8 Å². The third-order valence-electron chi connectivity index (χ3n) is 2.28. The summed E-state index contributed by atoms with van der Waals surface area (Å²) >= 11 is 7.29. The van der Waals surface area contributed by atoms with Gasteiger partial charge in [-0.05, 0) is 35.2 Å². The topological polar surface area (TPSA) is 65.2 Å². The number of hydrogen-bond donors (Lipinski definition) is 1. The lowest BCUT2D eigenvalue weighted by Gasteiger charge is -1.95. The molecule has 3 aromatic rings. The van der Waals surface area contributed by atoms with E-state index in [1.54, 1.807) is 23.5 Å². The molecule has 0 aliphatic rings. The molecule has 0 saturated heterocycles. The molecule has 0 fully saturated rings. The molecule has 0 aliphatic carbocycles. The summed E-state index contributed by atoms with van der Waals surface area (Å²) in [4.78, 5) is 0.978. The molecule has 3 heterocycles. The van der Waals surface area contributed by atoms with Gasteiger partial charge in [-0.3, -0.25) is 0 Å². The molecule has 4 nitrogen and oxygen atoms in total. The minimum Gasteiger partial charge on any atom is -0.441 e. The van der Waals surface area contributed by atoms with Crippen LogP contribution in [0.5, 0.6) is 0 Å². The fraction of sp³-hybridized carbons (Fsp3) is 0. The van der Waals surface area contributed by atoms with Crippen LogP contribution in [-0.4, -0.2) is 5.16 Å². The summed E-state index contributed by atoms with van der Waals surface area (Å²) in [6, 6.07) is 7.25. The predicted molar refractivity (Wildman–Crippen MR) is 66.9 cm³/mol. The lowest BCUT2D eigenvalue weighted by molar-refractivity contribution is 0.421. The highest BCUT2D eigenvalue weighted by atomic mass is 35.5. The molecular formula is C11H7ClN2O2S. The van der Waals surface area contributed by atoms with Crippen LogP contribution in [0.4, 0.5) is 5.82 Å². The zero-order valence-electron chi connectivity index (χ0n) is 8.51. The largest absolute Gasteiger partial charge is 0.441 e. The van der Waals surface area contributed by atoms with Crippen LogP contribution in [0, 0.1) is 0 Å². The van der Waals surface area contributed by atoms with Crippen molar-refractivity contribution in [3.05, 3.63) is 34.9 Å². The number of nitrogen functional groups attached to an aromatic ring is 1. The van der Waals surface area contributed by atoms with Gasteiger partial charge in [0.1, 0.15) is 0 Å². The van der Waals surface area contributed by atoms with E-state index in [0.29, 0.717) is 22.6 Å². The molecule has 0 amide bonds. The maximum atomic E-state index is 5.80. The van der Waals surface area contributed by atoms with Gasteiger partial charge in [0, 0.05) is 4.88 Å². The van der Waals surface area contributed by atoms with E-state index in [-0.39, 0.29) is 0 Å². The predicted octanol–water partition coefficient (Wildman–Crippen LogP) is 3.90. The van der Waals surface area contributed by atoms with Crippen LogP contribution in [-0.2, 0) is 0 Å². The zero-order chi connectivity index (χ0) is 11.8. The first-order valence-electron chi connectivity index (χ1n) is 4.80. The molecule has 0 unspecified atom stereocenters. The van der Waals surface area contributed by atoms with Gasteiger partial charge in [0.05, 0.1) is 5.56 Å². The van der Waals surface area contributed by atoms with Crippen LogP contribution in [0.2, 0.25) is 5.22 Å². The van der Waals surface area contributed by atoms with Crippen molar-refractivity contribution in [1.82, 2.24) is 5.16 Å². The normalized spacial score (nSPS) is 10.9. The highest BCUT2D eigenvalue weighted by Crippen LogP contribution is 2.39. The summed E-state index contributed by atoms with van der Waals surface area (Å²) in [5.41, 5.74) is 6.55. The summed E-state index contributed by atoms with van der Waals surface area (Å²) in [5.74, 6) is 1.36. The van der Waals surface area contributed by atoms with Crippen molar-refractivity contribution in [2.75, 3.05) is 5.73 Å². The van der Waals surface area contributed by atoms with Gasteiger partial charge in [0.2, 0.25) is 5.76 Å². The first kappa shape index (κ1) is 10.4. The van der Waals surface area contributed by atoms with Gasteiger partial charge in [0.25, 0.3) is 0 Å². The van der Waals surface area contributed by atoms with Crippen LogP contribution >= 0.6 is 22.9 Å². The smallest absolute Gasteiger partial charge is 0.213 e. The summed E-state index contributed by atoms with van der Waals surface area (Å²) in [6.45, 7) is 0. The summed E-state index contributed by atoms with van der Waals surface area (Å²) in [5, 5.41) is 6.02. The maximum Gasteiger partial charge on any atom is 0.213 e. The van der Waals surface area contributed by atoms with Crippen LogP contribution in [0.25, 0.3) is 22.0 Å². The second-order valence-electron chi connectivity index (χ2n) is 3.35. The zero-order valence-corrected chi connectivity index (χ0v) is 10.1. The van der Waals surface area contributed by atoms with Crippen LogP contribution < -0.4 is 5.73 Å². The van der Waals surface area contributed by atoms with Crippen molar-refractivity contribution in [1.29, 1.82) is 0 Å². The van der Waals surface area contributed by atoms with E-state index in [2.05, 4.69) is 5.16 Å². The number of nitrogens with zero attached hydrogens (tertiary/aromatic N) is 1. The Bertz CT molecular complexity index is 642. The maximum absolute atomic E-state index is 5.80. The molecule has 0 radical (unpaired) electrons. The Morgan fingerprint density at radius 3 is 2.82 bits per heavy atom. The van der Waals surface area contributed by atoms with Crippen molar-refractivity contribution < 1.29 is 8.94 Å². The van der Waals surface area contributed by atoms with Crippen molar-refractivity contribution in [3.63, 3.8) is 0 Å². The SMILES string of the molecule is Nc1noc(-c2ccc(Cl)o2)c1-c1cccs1. The highest BCUT2D eigenvalue weighted by Gasteiger charge is 2.20. The van der Waals surface area contributed by atoms with Gasteiger partial charge in [-0.2, -0.15) is 0 Å². The molecule has 3 rings (SSSR count). The van der Waals surface area contributed by atoms with Gasteiger partial charge in [-0.1, -0.05) is 11.2 Å². The van der Waals surface area contributed by atoms with E-state index in [0.717, 1.165) is 10.4 Å². The number of anilines is 1. The first-order chi connectivity index (χ1) is 8.25. The number of thiophene rings is 1. The number of halogens is 1. The lowest BCUT2D eigenvalue weighted by Crippen LogP contribution is -1.86. The summed E-state index contributed by atoms with van der Waals surface area (Å²) in [7, 11) is 0. The summed E-state index contributed by atoms with van der Waals surface area (Å²) in [6.07, 6.45) is 0. The van der Waals surface area contributed by atoms with Crippen molar-refractivity contribution in [3.8, 4) is 22.0 Å². The Kier molecular flexibility index (Phi) is 2.42. The van der Waals surface area contributed by atoms with Crippen LogP contribution in [0.15, 0.2) is 38.6 Å². The van der Waals surface area contributed by atoms with Gasteiger partial charge >= 0.3 is 0 Å². The fourth-order valence-electron chi connectivity index (χ4n) is 1.57. The molecular weight excluding hydrogens is 260 g/mol. The minimum absolute atomic E-state index is 0.298. The van der Waals surface area contributed by atoms with Gasteiger partial charge < -0.3 is 14.7 Å². The monoisotopic (exact) mass is 266 g/mol. The van der Waals surface area contributed by atoms with Crippen molar-refractivity contribution >= 4 is 28.8 Å². The second-order valence-corrected chi connectivity index (χ2v) is 4.67. The molecule has 6 heteroatoms. The Labute approximate surface area is 106 Å². The quantitative estimate of drug-likeness (QED) is 0.764. The van der Waals surface area contributed by atoms with E-state index >= 15 is 0 Å². The molecule has 0 bridgehead atoms. The van der Waals surface area contributed by atoms with E-state index in [9.17, 15) is 0 Å². The first-order valence-corrected chi connectivity index (χ1v) is 6.06. The average Bonchev–Trinajstić information content (AvgIpc) is 2.97. The Morgan fingerprint density at radius 2 is 2.18 bits per heavy atom. The van der Waals surface area contributed by atoms with Gasteiger partial charge in [-0.15, -0.1) is 11.3 Å².